The van der Waals surface area contributed by atoms with Crippen LogP contribution in [-0.4, -0.2) is 4.98 Å². The Bertz CT molecular complexity index is 3710. The highest BCUT2D eigenvalue weighted by Gasteiger charge is 2.35. The monoisotopic (exact) mass is 1060 g/mol. The van der Waals surface area contributed by atoms with Gasteiger partial charge in [-0.3, -0.25) is 4.98 Å². The Morgan fingerprint density at radius 1 is 0.247 bits per heavy atom. The first-order valence-corrected chi connectivity index (χ1v) is 28.7. The van der Waals surface area contributed by atoms with Gasteiger partial charge in [0.2, 0.25) is 0 Å². The highest BCUT2D eigenvalue weighted by atomic mass is 14.7. The molecule has 1 heteroatoms. The van der Waals surface area contributed by atoms with Gasteiger partial charge in [0.05, 0.1) is 0 Å². The number of hydrogen-bond donors (Lipinski definition) is 0. The molecule has 1 aliphatic carbocycles. The van der Waals surface area contributed by atoms with Crippen LogP contribution in [0.2, 0.25) is 0 Å². The molecule has 0 unspecified atom stereocenters. The van der Waals surface area contributed by atoms with Gasteiger partial charge in [0.25, 0.3) is 0 Å². The number of aryl methyl sites for hydroxylation is 14. The van der Waals surface area contributed by atoms with Gasteiger partial charge >= 0.3 is 0 Å². The van der Waals surface area contributed by atoms with Crippen molar-refractivity contribution in [2.75, 3.05) is 0 Å². The average molecular weight is 1060 g/mol. The summed E-state index contributed by atoms with van der Waals surface area (Å²) in [5.74, 6) is 0. The minimum absolute atomic E-state index is 0.142. The third-order valence-corrected chi connectivity index (χ3v) is 15.4. The summed E-state index contributed by atoms with van der Waals surface area (Å²) < 4.78 is 0. The topological polar surface area (TPSA) is 12.9 Å². The molecule has 0 radical (unpaired) electrons. The lowest BCUT2D eigenvalue weighted by atomic mass is 9.81. The van der Waals surface area contributed by atoms with E-state index in [0.29, 0.717) is 0 Å². The Labute approximate surface area is 486 Å². The number of benzene rings is 11. The summed E-state index contributed by atoms with van der Waals surface area (Å²) in [6.07, 6.45) is 0. The molecule has 0 saturated heterocycles. The normalized spacial score (nSPS) is 11.3. The number of rotatable bonds is 0. The third kappa shape index (κ3) is 15.9. The number of hydrogen-bond acceptors (Lipinski definition) is 1. The molecule has 1 aliphatic rings. The summed E-state index contributed by atoms with van der Waals surface area (Å²) >= 11 is 0. The zero-order valence-electron chi connectivity index (χ0n) is 51.3. The van der Waals surface area contributed by atoms with Crippen LogP contribution in [0.1, 0.15) is 103 Å². The van der Waals surface area contributed by atoms with Gasteiger partial charge in [0, 0.05) is 16.8 Å². The molecule has 0 bridgehead atoms. The van der Waals surface area contributed by atoms with Gasteiger partial charge in [0.1, 0.15) is 0 Å². The number of aromatic nitrogens is 1. The molecule has 0 saturated carbocycles. The number of nitrogens with zero attached hydrogens (tertiary/aromatic N) is 1. The molecule has 12 aromatic rings. The lowest BCUT2D eigenvalue weighted by Gasteiger charge is -2.22. The Morgan fingerprint density at radius 2 is 0.543 bits per heavy atom. The van der Waals surface area contributed by atoms with E-state index in [1.165, 1.54) is 132 Å². The largest absolute Gasteiger partial charge is 0.258 e. The van der Waals surface area contributed by atoms with Crippen LogP contribution < -0.4 is 0 Å². The minimum Gasteiger partial charge on any atom is -0.258 e. The summed E-state index contributed by atoms with van der Waals surface area (Å²) in [5.41, 5.74) is 24.3. The second-order valence-electron chi connectivity index (χ2n) is 22.9. The standard InChI is InChI=1S/C17H18.C16H14.2C12H12.2C8H10.C7H9N/c1-11-5-7-13-14-8-6-12(2)10-16(14)17(3,4)15(13)9-11;1-11-13-7-3-5-9-15(13)12(2)16-10-6-4-8-14(11)16;1-9-3-5-12-8-10(2)4-6-11(12)7-9;1-9-7-8-10(2)12-6-4-3-5-11(9)12;1-7-3-5-8(2)6-4-7;1-7-4-3-5-8(2)6-7;1-6-4-3-5-7(2)8-6/h5-10H,1-4H3;3-10H,1-2H3;2*3-8H,1-2H3;2*3-6H,1-2H3;3-5H,1-2H3. The Balaban J connectivity index is 0.000000139. The molecule has 410 valence electrons. The fraction of sp³-hybridized carbons (Fsp3) is 0.212. The maximum absolute atomic E-state index is 4.17. The average Bonchev–Trinajstić information content (AvgIpc) is 3.98. The first-order valence-electron chi connectivity index (χ1n) is 28.7. The van der Waals surface area contributed by atoms with E-state index in [1.54, 1.807) is 0 Å². The molecule has 0 atom stereocenters. The van der Waals surface area contributed by atoms with Crippen molar-refractivity contribution in [3.05, 3.63) is 314 Å². The highest BCUT2D eigenvalue weighted by molar-refractivity contribution is 6.05. The maximum Gasteiger partial charge on any atom is 0.0375 e. The van der Waals surface area contributed by atoms with Crippen LogP contribution in [0.15, 0.2) is 224 Å². The van der Waals surface area contributed by atoms with Gasteiger partial charge in [-0.05, 0) is 197 Å². The molecule has 13 rings (SSSR count). The Kier molecular flexibility index (Phi) is 20.6. The van der Waals surface area contributed by atoms with Crippen molar-refractivity contribution in [3.63, 3.8) is 0 Å². The number of pyridine rings is 1. The molecule has 0 aliphatic heterocycles. The van der Waals surface area contributed by atoms with E-state index < -0.39 is 0 Å². The second kappa shape index (κ2) is 27.7. The molecule has 81 heavy (non-hydrogen) atoms. The quantitative estimate of drug-likeness (QED) is 0.138. The van der Waals surface area contributed by atoms with Crippen molar-refractivity contribution in [2.24, 2.45) is 0 Å². The van der Waals surface area contributed by atoms with Crippen LogP contribution in [0.5, 0.6) is 0 Å². The molecule has 0 amide bonds. The molecular formula is C80H85N. The highest BCUT2D eigenvalue weighted by Crippen LogP contribution is 2.49. The van der Waals surface area contributed by atoms with Crippen LogP contribution in [0.3, 0.4) is 0 Å². The smallest absolute Gasteiger partial charge is 0.0375 e. The van der Waals surface area contributed by atoms with Crippen molar-refractivity contribution in [2.45, 2.75) is 116 Å². The van der Waals surface area contributed by atoms with Gasteiger partial charge < -0.3 is 0 Å². The molecule has 1 aromatic heterocycles. The zero-order chi connectivity index (χ0) is 58.4. The van der Waals surface area contributed by atoms with Gasteiger partial charge in [-0.1, -0.05) is 271 Å². The first kappa shape index (κ1) is 60.3. The molecule has 0 N–H and O–H groups in total. The van der Waals surface area contributed by atoms with Crippen molar-refractivity contribution in [1.29, 1.82) is 0 Å². The number of fused-ring (bicyclic) bond motifs is 7. The lowest BCUT2D eigenvalue weighted by molar-refractivity contribution is 0.659. The van der Waals surface area contributed by atoms with Crippen LogP contribution in [0.25, 0.3) is 54.2 Å². The molecular weight excluding hydrogens is 975 g/mol. The summed E-state index contributed by atoms with van der Waals surface area (Å²) in [7, 11) is 0. The predicted molar refractivity (Wildman–Crippen MR) is 357 cm³/mol. The molecule has 11 aromatic carbocycles. The molecule has 1 nitrogen and oxygen atoms in total. The fourth-order valence-corrected chi connectivity index (χ4v) is 10.7. The summed E-state index contributed by atoms with van der Waals surface area (Å²) in [5, 5.41) is 10.9. The van der Waals surface area contributed by atoms with Crippen molar-refractivity contribution < 1.29 is 0 Å². The second-order valence-corrected chi connectivity index (χ2v) is 22.9. The van der Waals surface area contributed by atoms with E-state index in [9.17, 15) is 0 Å². The van der Waals surface area contributed by atoms with Crippen LogP contribution in [0.4, 0.5) is 0 Å². The van der Waals surface area contributed by atoms with E-state index in [-0.39, 0.29) is 5.41 Å². The predicted octanol–water partition coefficient (Wildman–Crippen LogP) is 22.4. The maximum atomic E-state index is 4.17. The van der Waals surface area contributed by atoms with Crippen LogP contribution >= 0.6 is 0 Å². The Hall–Kier alpha value is -8.39. The van der Waals surface area contributed by atoms with Crippen LogP contribution in [0, 0.1) is 96.9 Å². The minimum atomic E-state index is 0.142. The molecule has 0 fully saturated rings. The fourth-order valence-electron chi connectivity index (χ4n) is 10.7. The SMILES string of the molecule is Cc1c2ccccc2c(C)c2ccccc12.Cc1ccc(C)c2ccccc12.Cc1ccc(C)cc1.Cc1ccc2c(c1)C(C)(C)c1cc(C)ccc1-2.Cc1ccc2cc(C)ccc2c1.Cc1cccc(C)c1.Cc1cccc(C)n1. The lowest BCUT2D eigenvalue weighted by Crippen LogP contribution is -2.15. The van der Waals surface area contributed by atoms with Gasteiger partial charge in [-0.2, -0.15) is 0 Å². The van der Waals surface area contributed by atoms with Crippen LogP contribution in [-0.2, 0) is 5.41 Å². The van der Waals surface area contributed by atoms with Gasteiger partial charge in [-0.25, -0.2) is 0 Å². The molecule has 1 heterocycles. The Morgan fingerprint density at radius 3 is 0.864 bits per heavy atom. The summed E-state index contributed by atoms with van der Waals surface area (Å²) in [4.78, 5) is 4.17. The summed E-state index contributed by atoms with van der Waals surface area (Å²) in [6, 6.07) is 79.9. The summed E-state index contributed by atoms with van der Waals surface area (Å²) in [6.45, 7) is 34.4. The first-order chi connectivity index (χ1) is 38.7. The van der Waals surface area contributed by atoms with E-state index in [0.717, 1.165) is 11.4 Å². The van der Waals surface area contributed by atoms with Crippen molar-refractivity contribution in [1.82, 2.24) is 4.98 Å². The van der Waals surface area contributed by atoms with E-state index in [2.05, 4.69) is 308 Å². The molecule has 0 spiro atoms. The van der Waals surface area contributed by atoms with Crippen molar-refractivity contribution >= 4 is 43.1 Å². The van der Waals surface area contributed by atoms with Crippen molar-refractivity contribution in [3.8, 4) is 11.1 Å². The zero-order valence-corrected chi connectivity index (χ0v) is 51.3. The van der Waals surface area contributed by atoms with E-state index in [1.807, 2.05) is 32.0 Å². The third-order valence-electron chi connectivity index (χ3n) is 15.4. The van der Waals surface area contributed by atoms with E-state index in [4.69, 9.17) is 0 Å². The van der Waals surface area contributed by atoms with Gasteiger partial charge in [0.15, 0.2) is 0 Å². The van der Waals surface area contributed by atoms with E-state index >= 15 is 0 Å². The van der Waals surface area contributed by atoms with Gasteiger partial charge in [-0.15, -0.1) is 0 Å².